The predicted octanol–water partition coefficient (Wildman–Crippen LogP) is 4.58. The third-order valence-corrected chi connectivity index (χ3v) is 3.56. The van der Waals surface area contributed by atoms with Gasteiger partial charge in [0.2, 0.25) is 0 Å². The summed E-state index contributed by atoms with van der Waals surface area (Å²) in [5.74, 6) is 1.30. The van der Waals surface area contributed by atoms with E-state index < -0.39 is 0 Å². The quantitative estimate of drug-likeness (QED) is 0.765. The van der Waals surface area contributed by atoms with Gasteiger partial charge in [0.15, 0.2) is 0 Å². The maximum atomic E-state index is 5.61. The van der Waals surface area contributed by atoms with Crippen LogP contribution in [-0.4, -0.2) is 11.6 Å². The molecule has 0 radical (unpaired) electrons. The van der Waals surface area contributed by atoms with Crippen LogP contribution in [0.3, 0.4) is 0 Å². The maximum absolute atomic E-state index is 5.61. The third kappa shape index (κ3) is 3.60. The number of benzene rings is 1. The Morgan fingerprint density at radius 3 is 2.25 bits per heavy atom. The summed E-state index contributed by atoms with van der Waals surface area (Å²) in [6.07, 6.45) is 4.01. The first-order valence-electron chi connectivity index (χ1n) is 7.42. The zero-order valence-electron chi connectivity index (χ0n) is 12.6. The van der Waals surface area contributed by atoms with Crippen LogP contribution in [0.25, 0.3) is 0 Å². The largest absolute Gasteiger partial charge is 0.494 e. The van der Waals surface area contributed by atoms with Crippen molar-refractivity contribution < 1.29 is 4.74 Å². The van der Waals surface area contributed by atoms with Crippen LogP contribution < -0.4 is 4.74 Å². The molecule has 106 valence electrons. The van der Waals surface area contributed by atoms with Crippen molar-refractivity contribution in [2.45, 2.75) is 39.5 Å². The van der Waals surface area contributed by atoms with Crippen LogP contribution in [0.1, 0.15) is 49.9 Å². The van der Waals surface area contributed by atoms with Crippen molar-refractivity contribution in [3.8, 4) is 5.75 Å². The first-order valence-corrected chi connectivity index (χ1v) is 7.42. The summed E-state index contributed by atoms with van der Waals surface area (Å²) in [6, 6.07) is 12.7. The molecule has 2 aromatic rings. The van der Waals surface area contributed by atoms with Gasteiger partial charge in [-0.1, -0.05) is 39.0 Å². The van der Waals surface area contributed by atoms with Gasteiger partial charge >= 0.3 is 0 Å². The van der Waals surface area contributed by atoms with Gasteiger partial charge in [0.25, 0.3) is 0 Å². The van der Waals surface area contributed by atoms with Crippen molar-refractivity contribution >= 4 is 0 Å². The summed E-state index contributed by atoms with van der Waals surface area (Å²) >= 11 is 0. The molecule has 0 fully saturated rings. The molecule has 0 saturated carbocycles. The molecule has 0 aliphatic heterocycles. The monoisotopic (exact) mass is 269 g/mol. The molecule has 0 spiro atoms. The molecule has 1 heterocycles. The van der Waals surface area contributed by atoms with E-state index in [-0.39, 0.29) is 0 Å². The highest BCUT2D eigenvalue weighted by Crippen LogP contribution is 2.25. The predicted molar refractivity (Wildman–Crippen MR) is 83.4 cm³/mol. The minimum atomic E-state index is 0.355. The van der Waals surface area contributed by atoms with Crippen LogP contribution in [0.15, 0.2) is 42.6 Å². The van der Waals surface area contributed by atoms with E-state index >= 15 is 0 Å². The average molecular weight is 269 g/mol. The molecule has 0 aliphatic carbocycles. The summed E-state index contributed by atoms with van der Waals surface area (Å²) in [5, 5.41) is 0. The standard InChI is InChI=1S/C18H23NO/c1-4-12-20-18-10-7-15(8-11-18)14(3)16-6-9-17(5-2)19-13-16/h6-11,13-14H,4-5,12H2,1-3H3. The number of hydrogen-bond acceptors (Lipinski definition) is 2. The van der Waals surface area contributed by atoms with E-state index in [1.807, 2.05) is 6.20 Å². The molecule has 0 saturated heterocycles. The van der Waals surface area contributed by atoms with Gasteiger partial charge in [-0.15, -0.1) is 0 Å². The highest BCUT2D eigenvalue weighted by Gasteiger charge is 2.09. The van der Waals surface area contributed by atoms with E-state index in [1.54, 1.807) is 0 Å². The second kappa shape index (κ2) is 7.09. The Kier molecular flexibility index (Phi) is 5.16. The van der Waals surface area contributed by atoms with Gasteiger partial charge < -0.3 is 4.74 Å². The molecular formula is C18H23NO. The molecule has 20 heavy (non-hydrogen) atoms. The molecule has 1 unspecified atom stereocenters. The second-order valence-electron chi connectivity index (χ2n) is 5.08. The van der Waals surface area contributed by atoms with Crippen molar-refractivity contribution in [2.24, 2.45) is 0 Å². The molecule has 0 bridgehead atoms. The minimum absolute atomic E-state index is 0.355. The topological polar surface area (TPSA) is 22.1 Å². The fourth-order valence-corrected chi connectivity index (χ4v) is 2.17. The van der Waals surface area contributed by atoms with Crippen molar-refractivity contribution in [2.75, 3.05) is 6.61 Å². The highest BCUT2D eigenvalue weighted by atomic mass is 16.5. The Morgan fingerprint density at radius 2 is 1.70 bits per heavy atom. The van der Waals surface area contributed by atoms with Gasteiger partial charge in [-0.25, -0.2) is 0 Å². The number of aryl methyl sites for hydroxylation is 1. The lowest BCUT2D eigenvalue weighted by molar-refractivity contribution is 0.317. The van der Waals surface area contributed by atoms with Crippen LogP contribution in [0.2, 0.25) is 0 Å². The first kappa shape index (κ1) is 14.6. The Labute approximate surface area is 121 Å². The van der Waals surface area contributed by atoms with Crippen LogP contribution >= 0.6 is 0 Å². The van der Waals surface area contributed by atoms with Gasteiger partial charge in [-0.3, -0.25) is 4.98 Å². The number of rotatable bonds is 6. The summed E-state index contributed by atoms with van der Waals surface area (Å²) in [4.78, 5) is 4.48. The average Bonchev–Trinajstić information content (AvgIpc) is 2.53. The number of pyridine rings is 1. The van der Waals surface area contributed by atoms with Gasteiger partial charge in [0, 0.05) is 17.8 Å². The number of hydrogen-bond donors (Lipinski definition) is 0. The Morgan fingerprint density at radius 1 is 1.00 bits per heavy atom. The minimum Gasteiger partial charge on any atom is -0.494 e. The maximum Gasteiger partial charge on any atom is 0.119 e. The van der Waals surface area contributed by atoms with E-state index in [1.165, 1.54) is 11.1 Å². The Hall–Kier alpha value is -1.83. The summed E-state index contributed by atoms with van der Waals surface area (Å²) in [6.45, 7) is 7.23. The van der Waals surface area contributed by atoms with Gasteiger partial charge in [-0.2, -0.15) is 0 Å². The first-order chi connectivity index (χ1) is 9.74. The molecule has 1 aromatic carbocycles. The zero-order chi connectivity index (χ0) is 14.4. The lowest BCUT2D eigenvalue weighted by Crippen LogP contribution is -1.99. The molecule has 2 rings (SSSR count). The Bertz CT molecular complexity index is 516. The lowest BCUT2D eigenvalue weighted by Gasteiger charge is -2.13. The smallest absolute Gasteiger partial charge is 0.119 e. The number of nitrogens with zero attached hydrogens (tertiary/aromatic N) is 1. The van der Waals surface area contributed by atoms with E-state index in [0.29, 0.717) is 5.92 Å². The Balaban J connectivity index is 2.09. The van der Waals surface area contributed by atoms with E-state index in [0.717, 1.165) is 30.9 Å². The van der Waals surface area contributed by atoms with Gasteiger partial charge in [0.1, 0.15) is 5.75 Å². The van der Waals surface area contributed by atoms with Crippen LogP contribution in [0.4, 0.5) is 0 Å². The zero-order valence-corrected chi connectivity index (χ0v) is 12.6. The van der Waals surface area contributed by atoms with Crippen LogP contribution in [0, 0.1) is 0 Å². The SMILES string of the molecule is CCCOc1ccc(C(C)c2ccc(CC)nc2)cc1. The van der Waals surface area contributed by atoms with Gasteiger partial charge in [-0.05, 0) is 42.2 Å². The summed E-state index contributed by atoms with van der Waals surface area (Å²) in [5.41, 5.74) is 3.69. The fourth-order valence-electron chi connectivity index (χ4n) is 2.17. The summed E-state index contributed by atoms with van der Waals surface area (Å²) < 4.78 is 5.61. The third-order valence-electron chi connectivity index (χ3n) is 3.56. The number of ether oxygens (including phenoxy) is 1. The highest BCUT2D eigenvalue weighted by molar-refractivity contribution is 5.34. The van der Waals surface area contributed by atoms with E-state index in [2.05, 4.69) is 62.2 Å². The lowest BCUT2D eigenvalue weighted by atomic mass is 9.94. The second-order valence-corrected chi connectivity index (χ2v) is 5.08. The van der Waals surface area contributed by atoms with Crippen molar-refractivity contribution in [1.82, 2.24) is 4.98 Å². The fraction of sp³-hybridized carbons (Fsp3) is 0.389. The van der Waals surface area contributed by atoms with E-state index in [4.69, 9.17) is 4.74 Å². The molecule has 0 aliphatic rings. The van der Waals surface area contributed by atoms with Crippen molar-refractivity contribution in [1.29, 1.82) is 0 Å². The molecular weight excluding hydrogens is 246 g/mol. The summed E-state index contributed by atoms with van der Waals surface area (Å²) in [7, 11) is 0. The molecule has 1 aromatic heterocycles. The number of aromatic nitrogens is 1. The van der Waals surface area contributed by atoms with Crippen LogP contribution in [0.5, 0.6) is 5.75 Å². The molecule has 0 N–H and O–H groups in total. The normalized spacial score (nSPS) is 12.2. The molecule has 2 nitrogen and oxygen atoms in total. The van der Waals surface area contributed by atoms with Crippen molar-refractivity contribution in [3.63, 3.8) is 0 Å². The van der Waals surface area contributed by atoms with E-state index in [9.17, 15) is 0 Å². The van der Waals surface area contributed by atoms with Crippen LogP contribution in [-0.2, 0) is 6.42 Å². The van der Waals surface area contributed by atoms with Crippen molar-refractivity contribution in [3.05, 3.63) is 59.4 Å². The molecule has 2 heteroatoms. The molecule has 0 amide bonds. The molecule has 1 atom stereocenters. The van der Waals surface area contributed by atoms with Gasteiger partial charge in [0.05, 0.1) is 6.61 Å².